The van der Waals surface area contributed by atoms with Crippen LogP contribution in [0.5, 0.6) is 5.75 Å². The van der Waals surface area contributed by atoms with Gasteiger partial charge in [0.15, 0.2) is 11.5 Å². The number of carbonyl (C=O) groups is 2. The average Bonchev–Trinajstić information content (AvgIpc) is 3.01. The van der Waals surface area contributed by atoms with Crippen LogP contribution >= 0.6 is 0 Å². The number of aliphatic carboxylic acids is 1. The number of nitrogens with two attached hydrogens (primary N) is 1. The zero-order valence-corrected chi connectivity index (χ0v) is 25.8. The van der Waals surface area contributed by atoms with Crippen molar-refractivity contribution < 1.29 is 42.1 Å². The highest BCUT2D eigenvalue weighted by atomic mass is 32.2. The molecule has 3 aromatic rings. The second kappa shape index (κ2) is 15.4. The van der Waals surface area contributed by atoms with Gasteiger partial charge in [-0.05, 0) is 18.2 Å². The first-order chi connectivity index (χ1) is 22.2. The molecule has 4 heterocycles. The lowest BCUT2D eigenvalue weighted by Crippen LogP contribution is -2.38. The van der Waals surface area contributed by atoms with E-state index >= 15 is 0 Å². The second-order valence-electron chi connectivity index (χ2n) is 10.6. The summed E-state index contributed by atoms with van der Waals surface area (Å²) in [5.41, 5.74) is 7.89. The van der Waals surface area contributed by atoms with Crippen molar-refractivity contribution in [1.29, 1.82) is 0 Å². The highest BCUT2D eigenvalue weighted by Crippen LogP contribution is 2.30. The maximum absolute atomic E-state index is 13.5. The summed E-state index contributed by atoms with van der Waals surface area (Å²) in [6.45, 7) is 2.47. The number of anilines is 2. The quantitative estimate of drug-likeness (QED) is 0.276. The smallest absolute Gasteiger partial charge is 0.318 e. The number of hydrogen-bond donors (Lipinski definition) is 4. The number of rotatable bonds is 6. The van der Waals surface area contributed by atoms with Gasteiger partial charge in [0, 0.05) is 36.7 Å². The number of aromatic nitrogens is 2. The maximum atomic E-state index is 13.5. The fourth-order valence-electron chi connectivity index (χ4n) is 4.77. The Kier molecular flexibility index (Phi) is 11.1. The Morgan fingerprint density at radius 2 is 1.78 bits per heavy atom. The SMILES string of the molecule is Nc1ncc2nc1C(=O)Nc1cccc(CNCC3COC3)c1OCCOCCOCCN(CC(=O)O)S(=O)(=O)c1ccc-2cc1. The zero-order chi connectivity index (χ0) is 32.5. The lowest BCUT2D eigenvalue weighted by molar-refractivity contribution is -0.137. The van der Waals surface area contributed by atoms with Gasteiger partial charge in [0.05, 0.1) is 62.1 Å². The van der Waals surface area contributed by atoms with Gasteiger partial charge in [-0.1, -0.05) is 24.3 Å². The van der Waals surface area contributed by atoms with Gasteiger partial charge in [-0.3, -0.25) is 9.59 Å². The second-order valence-corrected chi connectivity index (χ2v) is 12.5. The molecule has 0 unspecified atom stereocenters. The van der Waals surface area contributed by atoms with Crippen LogP contribution in [-0.4, -0.2) is 106 Å². The van der Waals surface area contributed by atoms with Crippen molar-refractivity contribution in [1.82, 2.24) is 19.6 Å². The third-order valence-electron chi connectivity index (χ3n) is 7.25. The molecule has 0 saturated carbocycles. The molecule has 1 saturated heterocycles. The van der Waals surface area contributed by atoms with E-state index in [-0.39, 0.29) is 61.7 Å². The third-order valence-corrected chi connectivity index (χ3v) is 9.11. The molecule has 1 aromatic heterocycles. The van der Waals surface area contributed by atoms with Gasteiger partial charge in [0.25, 0.3) is 5.91 Å². The molecule has 0 radical (unpaired) electrons. The number of ether oxygens (including phenoxy) is 4. The van der Waals surface area contributed by atoms with Crippen molar-refractivity contribution in [3.05, 3.63) is 59.9 Å². The highest BCUT2D eigenvalue weighted by Gasteiger charge is 2.27. The minimum absolute atomic E-state index is 0.0370. The fourth-order valence-corrected chi connectivity index (χ4v) is 6.14. The predicted octanol–water partition coefficient (Wildman–Crippen LogP) is 1.22. The lowest BCUT2D eigenvalue weighted by atomic mass is 10.1. The molecule has 1 amide bonds. The van der Waals surface area contributed by atoms with Crippen LogP contribution in [0.2, 0.25) is 0 Å². The van der Waals surface area contributed by atoms with E-state index in [2.05, 4.69) is 20.6 Å². The van der Waals surface area contributed by atoms with E-state index in [9.17, 15) is 23.1 Å². The number of para-hydroxylation sites is 1. The van der Waals surface area contributed by atoms with Crippen LogP contribution in [0.3, 0.4) is 0 Å². The van der Waals surface area contributed by atoms with Crippen LogP contribution in [0.4, 0.5) is 11.5 Å². The van der Waals surface area contributed by atoms with Crippen molar-refractivity contribution in [2.45, 2.75) is 11.4 Å². The maximum Gasteiger partial charge on any atom is 0.318 e. The fraction of sp³-hybridized carbons (Fsp3) is 0.400. The average molecular weight is 657 g/mol. The molecular formula is C30H36N6O9S. The largest absolute Gasteiger partial charge is 0.489 e. The first-order valence-electron chi connectivity index (χ1n) is 14.7. The van der Waals surface area contributed by atoms with Gasteiger partial charge in [-0.25, -0.2) is 18.4 Å². The molecule has 0 spiro atoms. The van der Waals surface area contributed by atoms with Crippen molar-refractivity contribution >= 4 is 33.4 Å². The molecule has 0 atom stereocenters. The molecule has 46 heavy (non-hydrogen) atoms. The molecule has 3 aliphatic rings. The van der Waals surface area contributed by atoms with Crippen molar-refractivity contribution in [2.75, 3.05) is 76.9 Å². The minimum Gasteiger partial charge on any atom is -0.489 e. The van der Waals surface area contributed by atoms with Gasteiger partial charge < -0.3 is 40.4 Å². The summed E-state index contributed by atoms with van der Waals surface area (Å²) in [6, 6.07) is 11.1. The number of amides is 1. The molecular weight excluding hydrogens is 620 g/mol. The van der Waals surface area contributed by atoms with E-state index in [0.29, 0.717) is 29.5 Å². The summed E-state index contributed by atoms with van der Waals surface area (Å²) in [7, 11) is -4.17. The van der Waals surface area contributed by atoms with E-state index in [1.165, 1.54) is 30.5 Å². The predicted molar refractivity (Wildman–Crippen MR) is 166 cm³/mol. The molecule has 5 N–H and O–H groups in total. The Morgan fingerprint density at radius 3 is 2.50 bits per heavy atom. The minimum atomic E-state index is -4.17. The monoisotopic (exact) mass is 656 g/mol. The zero-order valence-electron chi connectivity index (χ0n) is 25.0. The van der Waals surface area contributed by atoms with E-state index in [1.54, 1.807) is 6.07 Å². The number of carboxylic acids is 1. The van der Waals surface area contributed by atoms with Crippen LogP contribution in [0.15, 0.2) is 53.6 Å². The molecule has 15 nitrogen and oxygen atoms in total. The van der Waals surface area contributed by atoms with E-state index in [1.807, 2.05) is 12.1 Å². The molecule has 0 aliphatic carbocycles. The summed E-state index contributed by atoms with van der Waals surface area (Å²) in [4.78, 5) is 33.4. The first kappa shape index (κ1) is 33.2. The number of hydrogen-bond acceptors (Lipinski definition) is 12. The van der Waals surface area contributed by atoms with E-state index in [0.717, 1.165) is 29.6 Å². The van der Waals surface area contributed by atoms with Crippen LogP contribution < -0.4 is 21.1 Å². The molecule has 3 aliphatic heterocycles. The number of carboxylic acid groups (broad SMARTS) is 1. The normalized spacial score (nSPS) is 18.2. The van der Waals surface area contributed by atoms with Crippen LogP contribution in [0, 0.1) is 5.92 Å². The number of nitrogens with one attached hydrogen (secondary N) is 2. The Hall–Kier alpha value is -4.19. The summed E-state index contributed by atoms with van der Waals surface area (Å²) < 4.78 is 49.9. The van der Waals surface area contributed by atoms with E-state index in [4.69, 9.17) is 24.7 Å². The summed E-state index contributed by atoms with van der Waals surface area (Å²) >= 11 is 0. The van der Waals surface area contributed by atoms with Crippen molar-refractivity contribution in [3.8, 4) is 17.0 Å². The van der Waals surface area contributed by atoms with Gasteiger partial charge in [-0.2, -0.15) is 4.31 Å². The van der Waals surface area contributed by atoms with E-state index < -0.39 is 28.4 Å². The summed E-state index contributed by atoms with van der Waals surface area (Å²) in [5, 5.41) is 15.6. The highest BCUT2D eigenvalue weighted by molar-refractivity contribution is 7.89. The first-order valence-corrected chi connectivity index (χ1v) is 16.1. The summed E-state index contributed by atoms with van der Waals surface area (Å²) in [5.74, 6) is -1.11. The molecule has 2 aromatic carbocycles. The van der Waals surface area contributed by atoms with Gasteiger partial charge in [0.1, 0.15) is 18.9 Å². The molecule has 246 valence electrons. The Labute approximate surface area is 266 Å². The Morgan fingerprint density at radius 1 is 1.04 bits per heavy atom. The standard InChI is InChI=1S/C30H36N6O9S/c31-29-27-30(39)35-24-3-1-2-22(15-32-14-20-18-44-19-20)28(24)45-13-12-43-11-10-42-9-8-36(17-26(37)38)46(40,41)23-6-4-21(5-7-23)25(34-27)16-33-29/h1-7,16,20,32H,8-15,17-19H2,(H2,31,33)(H,35,39)(H,37,38). The van der Waals surface area contributed by atoms with Crippen LogP contribution in [-0.2, 0) is 35.6 Å². The van der Waals surface area contributed by atoms with Gasteiger partial charge in [0.2, 0.25) is 10.0 Å². The third kappa shape index (κ3) is 8.34. The molecule has 6 rings (SSSR count). The Balaban J connectivity index is 1.43. The van der Waals surface area contributed by atoms with Crippen LogP contribution in [0.1, 0.15) is 16.1 Å². The lowest BCUT2D eigenvalue weighted by Gasteiger charge is -2.26. The number of nitrogen functional groups attached to an aromatic ring is 1. The summed E-state index contributed by atoms with van der Waals surface area (Å²) in [6.07, 6.45) is 1.37. The number of carbonyl (C=O) groups excluding carboxylic acids is 1. The molecule has 16 heteroatoms. The molecule has 4 bridgehead atoms. The van der Waals surface area contributed by atoms with Gasteiger partial charge >= 0.3 is 5.97 Å². The number of nitrogens with zero attached hydrogens (tertiary/aromatic N) is 3. The molecule has 1 fully saturated rings. The van der Waals surface area contributed by atoms with Gasteiger partial charge in [-0.15, -0.1) is 0 Å². The van der Waals surface area contributed by atoms with Crippen molar-refractivity contribution in [2.24, 2.45) is 5.92 Å². The van der Waals surface area contributed by atoms with Crippen molar-refractivity contribution in [3.63, 3.8) is 0 Å². The Bertz CT molecular complexity index is 1630. The number of benzene rings is 2. The number of sulfonamides is 1. The van der Waals surface area contributed by atoms with Crippen LogP contribution in [0.25, 0.3) is 11.3 Å². The number of fused-ring (bicyclic) bond motifs is 13. The topological polar surface area (TPSA) is 205 Å².